The molecule has 1 aliphatic rings. The summed E-state index contributed by atoms with van der Waals surface area (Å²) in [6, 6.07) is 13.0. The summed E-state index contributed by atoms with van der Waals surface area (Å²) < 4.78 is 13.4. The number of nitrogens with zero attached hydrogens (tertiary/aromatic N) is 3. The molecule has 2 aromatic carbocycles. The number of hydrogen-bond donors (Lipinski definition) is 1. The van der Waals surface area contributed by atoms with Crippen LogP contribution in [0.4, 0.5) is 5.69 Å². The van der Waals surface area contributed by atoms with Crippen molar-refractivity contribution in [2.45, 2.75) is 12.1 Å². The molecule has 0 saturated heterocycles. The summed E-state index contributed by atoms with van der Waals surface area (Å²) in [5.74, 6) is 1.50. The van der Waals surface area contributed by atoms with E-state index >= 15 is 0 Å². The standard InChI is InChI=1S/C21H17ClN4O3S/c1-12-8-13-9-17-18(29-7-6-28-17)10-16(13)26-20(12)24-25-21(26)30-11-19(27)23-15-4-2-14(22)3-5-15/h2-5,8-10H,6-7,11H2,1H3,(H,23,27). The molecule has 1 N–H and O–H groups in total. The Bertz CT molecular complexity index is 1270. The van der Waals surface area contributed by atoms with Crippen molar-refractivity contribution >= 4 is 51.5 Å². The van der Waals surface area contributed by atoms with Crippen LogP contribution in [0.3, 0.4) is 0 Å². The molecule has 9 heteroatoms. The predicted octanol–water partition coefficient (Wildman–Crippen LogP) is 4.35. The number of ether oxygens (including phenoxy) is 2. The van der Waals surface area contributed by atoms with Crippen molar-refractivity contribution in [3.63, 3.8) is 0 Å². The van der Waals surface area contributed by atoms with Crippen molar-refractivity contribution < 1.29 is 14.3 Å². The SMILES string of the molecule is Cc1cc2cc3c(cc2n2c(SCC(=O)Nc4ccc(Cl)cc4)nnc12)OCCO3. The van der Waals surface area contributed by atoms with Crippen LogP contribution >= 0.6 is 23.4 Å². The van der Waals surface area contributed by atoms with Gasteiger partial charge in [0.2, 0.25) is 5.91 Å². The summed E-state index contributed by atoms with van der Waals surface area (Å²) in [5, 5.41) is 13.8. The van der Waals surface area contributed by atoms with Crippen LogP contribution in [0.15, 0.2) is 47.6 Å². The third kappa shape index (κ3) is 3.53. The average Bonchev–Trinajstić information content (AvgIpc) is 3.18. The van der Waals surface area contributed by atoms with Gasteiger partial charge in [-0.25, -0.2) is 0 Å². The quantitative estimate of drug-likeness (QED) is 0.475. The molecule has 0 saturated carbocycles. The van der Waals surface area contributed by atoms with E-state index in [2.05, 4.69) is 21.6 Å². The van der Waals surface area contributed by atoms with Crippen molar-refractivity contribution in [2.24, 2.45) is 0 Å². The van der Waals surface area contributed by atoms with E-state index in [1.54, 1.807) is 24.3 Å². The molecule has 0 bridgehead atoms. The van der Waals surface area contributed by atoms with Gasteiger partial charge < -0.3 is 14.8 Å². The molecule has 0 spiro atoms. The second-order valence-corrected chi connectivity index (χ2v) is 8.25. The predicted molar refractivity (Wildman–Crippen MR) is 117 cm³/mol. The summed E-state index contributed by atoms with van der Waals surface area (Å²) in [4.78, 5) is 12.4. The number of thioether (sulfide) groups is 1. The molecule has 4 aromatic rings. The molecule has 2 aromatic heterocycles. The fraction of sp³-hybridized carbons (Fsp3) is 0.190. The first-order chi connectivity index (χ1) is 14.6. The van der Waals surface area contributed by atoms with Gasteiger partial charge in [-0.05, 0) is 48.9 Å². The van der Waals surface area contributed by atoms with Gasteiger partial charge in [-0.2, -0.15) is 0 Å². The molecule has 0 fully saturated rings. The van der Waals surface area contributed by atoms with Crippen molar-refractivity contribution in [3.8, 4) is 11.5 Å². The Kier molecular flexibility index (Phi) is 4.88. The van der Waals surface area contributed by atoms with Crippen LogP contribution in [-0.2, 0) is 4.79 Å². The zero-order chi connectivity index (χ0) is 20.7. The first-order valence-corrected chi connectivity index (χ1v) is 10.7. The minimum atomic E-state index is -0.134. The third-order valence-electron chi connectivity index (χ3n) is 4.75. The van der Waals surface area contributed by atoms with Crippen LogP contribution in [0.25, 0.3) is 16.6 Å². The van der Waals surface area contributed by atoms with Gasteiger partial charge in [0.1, 0.15) is 13.2 Å². The second kappa shape index (κ2) is 7.70. The molecule has 152 valence electrons. The minimum Gasteiger partial charge on any atom is -0.486 e. The topological polar surface area (TPSA) is 77.8 Å². The van der Waals surface area contributed by atoms with E-state index in [4.69, 9.17) is 21.1 Å². The van der Waals surface area contributed by atoms with E-state index in [1.165, 1.54) is 11.8 Å². The van der Waals surface area contributed by atoms with Crippen molar-refractivity contribution in [2.75, 3.05) is 24.3 Å². The van der Waals surface area contributed by atoms with E-state index in [9.17, 15) is 4.79 Å². The Balaban J connectivity index is 1.45. The highest BCUT2D eigenvalue weighted by atomic mass is 35.5. The Labute approximate surface area is 181 Å². The normalized spacial score (nSPS) is 13.0. The average molecular weight is 441 g/mol. The Morgan fingerprint density at radius 3 is 2.63 bits per heavy atom. The molecule has 0 radical (unpaired) electrons. The Hall–Kier alpha value is -2.97. The lowest BCUT2D eigenvalue weighted by Gasteiger charge is -2.19. The van der Waals surface area contributed by atoms with Crippen LogP contribution in [0, 0.1) is 6.92 Å². The number of amides is 1. The highest BCUT2D eigenvalue weighted by Crippen LogP contribution is 2.36. The summed E-state index contributed by atoms with van der Waals surface area (Å²) in [6.45, 7) is 3.04. The van der Waals surface area contributed by atoms with Gasteiger partial charge in [-0.1, -0.05) is 23.4 Å². The number of carbonyl (C=O) groups excluding carboxylic acids is 1. The zero-order valence-corrected chi connectivity index (χ0v) is 17.6. The maximum atomic E-state index is 12.4. The highest BCUT2D eigenvalue weighted by molar-refractivity contribution is 7.99. The summed E-state index contributed by atoms with van der Waals surface area (Å²) in [7, 11) is 0. The monoisotopic (exact) mass is 440 g/mol. The number of carbonyl (C=O) groups is 1. The molecule has 0 atom stereocenters. The van der Waals surface area contributed by atoms with Gasteiger partial charge in [0, 0.05) is 22.2 Å². The molecular formula is C21H17ClN4O3S. The number of fused-ring (bicyclic) bond motifs is 4. The van der Waals surface area contributed by atoms with E-state index < -0.39 is 0 Å². The maximum Gasteiger partial charge on any atom is 0.234 e. The summed E-state index contributed by atoms with van der Waals surface area (Å²) in [6.07, 6.45) is 0. The Morgan fingerprint density at radius 2 is 1.87 bits per heavy atom. The lowest BCUT2D eigenvalue weighted by molar-refractivity contribution is -0.113. The fourth-order valence-electron chi connectivity index (χ4n) is 3.40. The molecule has 0 unspecified atom stereocenters. The molecular weight excluding hydrogens is 424 g/mol. The third-order valence-corrected chi connectivity index (χ3v) is 5.93. The summed E-state index contributed by atoms with van der Waals surface area (Å²) in [5.41, 5.74) is 3.34. The number of halogens is 1. The van der Waals surface area contributed by atoms with Crippen LogP contribution in [0.5, 0.6) is 11.5 Å². The van der Waals surface area contributed by atoms with Gasteiger partial charge in [-0.15, -0.1) is 10.2 Å². The number of nitrogens with one attached hydrogen (secondary N) is 1. The first-order valence-electron chi connectivity index (χ1n) is 9.35. The fourth-order valence-corrected chi connectivity index (χ4v) is 4.27. The number of pyridine rings is 1. The van der Waals surface area contributed by atoms with Gasteiger partial charge in [0.25, 0.3) is 0 Å². The van der Waals surface area contributed by atoms with Crippen molar-refractivity contribution in [3.05, 3.63) is 53.1 Å². The number of aryl methyl sites for hydroxylation is 1. The number of benzene rings is 2. The largest absolute Gasteiger partial charge is 0.486 e. The molecule has 1 aliphatic heterocycles. The Morgan fingerprint density at radius 1 is 1.13 bits per heavy atom. The van der Waals surface area contributed by atoms with Crippen LogP contribution < -0.4 is 14.8 Å². The van der Waals surface area contributed by atoms with Crippen LogP contribution in [0.2, 0.25) is 5.02 Å². The zero-order valence-electron chi connectivity index (χ0n) is 16.0. The van der Waals surface area contributed by atoms with Gasteiger partial charge in [0.15, 0.2) is 22.3 Å². The number of aromatic nitrogens is 3. The molecule has 7 nitrogen and oxygen atoms in total. The minimum absolute atomic E-state index is 0.134. The van der Waals surface area contributed by atoms with E-state index in [1.807, 2.05) is 23.5 Å². The van der Waals surface area contributed by atoms with Gasteiger partial charge >= 0.3 is 0 Å². The first kappa shape index (κ1) is 19.0. The van der Waals surface area contributed by atoms with E-state index in [0.717, 1.165) is 27.9 Å². The highest BCUT2D eigenvalue weighted by Gasteiger charge is 2.18. The molecule has 1 amide bonds. The second-order valence-electron chi connectivity index (χ2n) is 6.87. The van der Waals surface area contributed by atoms with Crippen molar-refractivity contribution in [1.82, 2.24) is 14.6 Å². The number of rotatable bonds is 4. The smallest absolute Gasteiger partial charge is 0.234 e. The molecule has 5 rings (SSSR count). The molecule has 30 heavy (non-hydrogen) atoms. The summed E-state index contributed by atoms with van der Waals surface area (Å²) >= 11 is 7.21. The van der Waals surface area contributed by atoms with Gasteiger partial charge in [0.05, 0.1) is 11.3 Å². The molecule has 3 heterocycles. The van der Waals surface area contributed by atoms with Crippen molar-refractivity contribution in [1.29, 1.82) is 0 Å². The number of anilines is 1. The lowest BCUT2D eigenvalue weighted by atomic mass is 10.1. The maximum absolute atomic E-state index is 12.4. The lowest BCUT2D eigenvalue weighted by Crippen LogP contribution is -2.15. The van der Waals surface area contributed by atoms with E-state index in [-0.39, 0.29) is 11.7 Å². The van der Waals surface area contributed by atoms with Crippen LogP contribution in [0.1, 0.15) is 5.56 Å². The molecule has 0 aliphatic carbocycles. The van der Waals surface area contributed by atoms with E-state index in [0.29, 0.717) is 34.8 Å². The van der Waals surface area contributed by atoms with Gasteiger partial charge in [-0.3, -0.25) is 9.20 Å². The van der Waals surface area contributed by atoms with Crippen LogP contribution in [-0.4, -0.2) is 39.5 Å². The number of hydrogen-bond acceptors (Lipinski definition) is 6.